The van der Waals surface area contributed by atoms with E-state index in [1.165, 1.54) is 25.7 Å². The first-order chi connectivity index (χ1) is 9.15. The Morgan fingerprint density at radius 2 is 2.11 bits per heavy atom. The average molecular weight is 279 g/mol. The van der Waals surface area contributed by atoms with Gasteiger partial charge in [-0.3, -0.25) is 0 Å². The lowest BCUT2D eigenvalue weighted by Gasteiger charge is -2.28. The first kappa shape index (κ1) is 14.3. The minimum Gasteiger partial charge on any atom is -0.478 e. The molecule has 1 saturated carbocycles. The van der Waals surface area contributed by atoms with Crippen LogP contribution in [-0.2, 0) is 0 Å². The molecule has 0 amide bonds. The van der Waals surface area contributed by atoms with Gasteiger partial charge in [0.05, 0.1) is 11.3 Å². The van der Waals surface area contributed by atoms with Gasteiger partial charge >= 0.3 is 5.97 Å². The second-order valence-corrected chi connectivity index (χ2v) is 6.24. The minimum atomic E-state index is -0.823. The molecule has 3 nitrogen and oxygen atoms in total. The van der Waals surface area contributed by atoms with Crippen molar-refractivity contribution >= 4 is 23.4 Å². The highest BCUT2D eigenvalue weighted by molar-refractivity contribution is 7.99. The second kappa shape index (κ2) is 6.33. The second-order valence-electron chi connectivity index (χ2n) is 4.94. The third-order valence-corrected chi connectivity index (χ3v) is 4.71. The van der Waals surface area contributed by atoms with E-state index in [0.29, 0.717) is 11.6 Å². The summed E-state index contributed by atoms with van der Waals surface area (Å²) < 4.78 is 0. The van der Waals surface area contributed by atoms with Crippen LogP contribution in [0.3, 0.4) is 0 Å². The van der Waals surface area contributed by atoms with Crippen LogP contribution in [0.5, 0.6) is 0 Å². The summed E-state index contributed by atoms with van der Waals surface area (Å²) in [5.41, 5.74) is 1.32. The Morgan fingerprint density at radius 1 is 1.42 bits per heavy atom. The smallest absolute Gasteiger partial charge is 0.338 e. The van der Waals surface area contributed by atoms with Gasteiger partial charge in [-0.25, -0.2) is 4.79 Å². The largest absolute Gasteiger partial charge is 0.478 e. The number of anilines is 1. The molecule has 0 unspecified atom stereocenters. The van der Waals surface area contributed by atoms with Crippen LogP contribution in [0.1, 0.15) is 43.0 Å². The summed E-state index contributed by atoms with van der Waals surface area (Å²) >= 11 is 1.60. The fraction of sp³-hybridized carbons (Fsp3) is 0.533. The Morgan fingerprint density at radius 3 is 2.68 bits per heavy atom. The summed E-state index contributed by atoms with van der Waals surface area (Å²) in [6.07, 6.45) is 4.84. The van der Waals surface area contributed by atoms with E-state index in [-0.39, 0.29) is 0 Å². The fourth-order valence-electron chi connectivity index (χ4n) is 2.79. The lowest BCUT2D eigenvalue weighted by Crippen LogP contribution is -2.30. The monoisotopic (exact) mass is 279 g/mol. The Labute approximate surface area is 119 Å². The molecule has 0 atom stereocenters. The minimum absolute atomic E-state index is 0.462. The molecule has 19 heavy (non-hydrogen) atoms. The highest BCUT2D eigenvalue weighted by atomic mass is 32.2. The summed E-state index contributed by atoms with van der Waals surface area (Å²) in [7, 11) is 2.03. The molecule has 0 saturated heterocycles. The van der Waals surface area contributed by atoms with Crippen molar-refractivity contribution in [1.29, 1.82) is 0 Å². The van der Waals surface area contributed by atoms with E-state index in [2.05, 4.69) is 4.90 Å². The number of rotatable bonds is 5. The lowest BCUT2D eigenvalue weighted by molar-refractivity contribution is 0.0694. The molecule has 0 bridgehead atoms. The van der Waals surface area contributed by atoms with Crippen LogP contribution in [0.2, 0.25) is 0 Å². The number of nitrogens with zero attached hydrogens (tertiary/aromatic N) is 1. The number of carbonyl (C=O) groups is 1. The summed E-state index contributed by atoms with van der Waals surface area (Å²) in [6, 6.07) is 6.29. The molecule has 4 heteroatoms. The van der Waals surface area contributed by atoms with Crippen LogP contribution in [0.15, 0.2) is 23.1 Å². The van der Waals surface area contributed by atoms with E-state index in [0.717, 1.165) is 16.3 Å². The Kier molecular flexibility index (Phi) is 4.75. The van der Waals surface area contributed by atoms with Gasteiger partial charge in [-0.2, -0.15) is 0 Å². The van der Waals surface area contributed by atoms with Gasteiger partial charge in [-0.05, 0) is 30.7 Å². The van der Waals surface area contributed by atoms with Crippen LogP contribution in [0, 0.1) is 0 Å². The standard InChI is InChI=1S/C15H21NO2S/c1-3-19-13-10-6-9-12(14(13)15(17)18)16(2)11-7-4-5-8-11/h6,9-11H,3-5,7-8H2,1-2H3,(H,17,18). The van der Waals surface area contributed by atoms with Crippen molar-refractivity contribution in [2.24, 2.45) is 0 Å². The Balaban J connectivity index is 2.37. The van der Waals surface area contributed by atoms with Crippen molar-refractivity contribution in [2.75, 3.05) is 17.7 Å². The number of carboxylic acid groups (broad SMARTS) is 1. The SMILES string of the molecule is CCSc1cccc(N(C)C2CCCC2)c1C(=O)O. The molecule has 1 aliphatic carbocycles. The van der Waals surface area contributed by atoms with Crippen molar-refractivity contribution in [2.45, 2.75) is 43.5 Å². The van der Waals surface area contributed by atoms with E-state index in [1.54, 1.807) is 11.8 Å². The number of aromatic carboxylic acids is 1. The number of thioether (sulfide) groups is 1. The number of benzene rings is 1. The Hall–Kier alpha value is -1.16. The van der Waals surface area contributed by atoms with Crippen molar-refractivity contribution in [3.63, 3.8) is 0 Å². The number of hydrogen-bond donors (Lipinski definition) is 1. The molecule has 0 aliphatic heterocycles. The fourth-order valence-corrected chi connectivity index (χ4v) is 3.61. The lowest BCUT2D eigenvalue weighted by atomic mass is 10.1. The first-order valence-corrected chi connectivity index (χ1v) is 7.85. The third kappa shape index (κ3) is 3.06. The predicted octanol–water partition coefficient (Wildman–Crippen LogP) is 3.88. The van der Waals surface area contributed by atoms with Crippen molar-refractivity contribution in [3.8, 4) is 0 Å². The van der Waals surface area contributed by atoms with Gasteiger partial charge in [0.2, 0.25) is 0 Å². The molecular weight excluding hydrogens is 258 g/mol. The van der Waals surface area contributed by atoms with Crippen molar-refractivity contribution in [1.82, 2.24) is 0 Å². The summed E-state index contributed by atoms with van der Waals surface area (Å²) in [6.45, 7) is 2.05. The molecule has 1 aromatic rings. The van der Waals surface area contributed by atoms with Gasteiger partial charge in [0, 0.05) is 18.0 Å². The van der Waals surface area contributed by atoms with E-state index < -0.39 is 5.97 Å². The zero-order valence-electron chi connectivity index (χ0n) is 11.6. The predicted molar refractivity (Wildman–Crippen MR) is 80.5 cm³/mol. The molecule has 0 radical (unpaired) electrons. The van der Waals surface area contributed by atoms with Gasteiger partial charge in [0.25, 0.3) is 0 Å². The third-order valence-electron chi connectivity index (χ3n) is 3.77. The first-order valence-electron chi connectivity index (χ1n) is 6.87. The van der Waals surface area contributed by atoms with Gasteiger partial charge in [-0.15, -0.1) is 11.8 Å². The highest BCUT2D eigenvalue weighted by Gasteiger charge is 2.24. The van der Waals surface area contributed by atoms with E-state index in [9.17, 15) is 9.90 Å². The highest BCUT2D eigenvalue weighted by Crippen LogP contribution is 2.34. The number of hydrogen-bond acceptors (Lipinski definition) is 3. The molecule has 0 spiro atoms. The maximum atomic E-state index is 11.6. The maximum Gasteiger partial charge on any atom is 0.338 e. The van der Waals surface area contributed by atoms with Gasteiger partial charge in [0.15, 0.2) is 0 Å². The normalized spacial score (nSPS) is 15.7. The summed E-state index contributed by atoms with van der Waals surface area (Å²) in [5.74, 6) is 0.0630. The van der Waals surface area contributed by atoms with E-state index in [1.807, 2.05) is 32.2 Å². The zero-order chi connectivity index (χ0) is 13.8. The van der Waals surface area contributed by atoms with Gasteiger partial charge in [-0.1, -0.05) is 25.8 Å². The zero-order valence-corrected chi connectivity index (χ0v) is 12.4. The van der Waals surface area contributed by atoms with Crippen molar-refractivity contribution in [3.05, 3.63) is 23.8 Å². The Bertz CT molecular complexity index is 455. The molecule has 1 fully saturated rings. The molecule has 2 rings (SSSR count). The molecule has 1 N–H and O–H groups in total. The van der Waals surface area contributed by atoms with Crippen LogP contribution >= 0.6 is 11.8 Å². The van der Waals surface area contributed by atoms with E-state index >= 15 is 0 Å². The van der Waals surface area contributed by atoms with Crippen LogP contribution in [0.4, 0.5) is 5.69 Å². The van der Waals surface area contributed by atoms with Crippen LogP contribution < -0.4 is 4.90 Å². The average Bonchev–Trinajstić information content (AvgIpc) is 2.91. The summed E-state index contributed by atoms with van der Waals surface area (Å²) in [5, 5.41) is 9.52. The van der Waals surface area contributed by atoms with Gasteiger partial charge in [0.1, 0.15) is 0 Å². The topological polar surface area (TPSA) is 40.5 Å². The summed E-state index contributed by atoms with van der Waals surface area (Å²) in [4.78, 5) is 14.6. The van der Waals surface area contributed by atoms with Gasteiger partial charge < -0.3 is 10.0 Å². The molecule has 0 heterocycles. The quantitative estimate of drug-likeness (QED) is 0.831. The van der Waals surface area contributed by atoms with Crippen molar-refractivity contribution < 1.29 is 9.90 Å². The van der Waals surface area contributed by atoms with Crippen LogP contribution in [-0.4, -0.2) is 29.9 Å². The maximum absolute atomic E-state index is 11.6. The molecule has 1 aromatic carbocycles. The molecule has 104 valence electrons. The number of carboxylic acids is 1. The molecular formula is C15H21NO2S. The molecule has 0 aromatic heterocycles. The molecule has 1 aliphatic rings. The van der Waals surface area contributed by atoms with Crippen LogP contribution in [0.25, 0.3) is 0 Å². The van der Waals surface area contributed by atoms with E-state index in [4.69, 9.17) is 0 Å².